The molecule has 0 N–H and O–H groups in total. The molecule has 21 heavy (non-hydrogen) atoms. The molecule has 1 aromatic rings. The van der Waals surface area contributed by atoms with Crippen LogP contribution in [0.5, 0.6) is 5.75 Å². The summed E-state index contributed by atoms with van der Waals surface area (Å²) in [6, 6.07) is 6.43. The van der Waals surface area contributed by atoms with Gasteiger partial charge in [0.1, 0.15) is 12.4 Å². The number of ether oxygens (including phenoxy) is 1. The van der Waals surface area contributed by atoms with E-state index < -0.39 is 15.1 Å². The molecule has 0 spiro atoms. The van der Waals surface area contributed by atoms with Gasteiger partial charge in [-0.1, -0.05) is 0 Å². The molecule has 5 nitrogen and oxygen atoms in total. The van der Waals surface area contributed by atoms with E-state index in [0.717, 1.165) is 13.0 Å². The molecule has 0 unspecified atom stereocenters. The van der Waals surface area contributed by atoms with Crippen molar-refractivity contribution in [2.24, 2.45) is 0 Å². The first-order chi connectivity index (χ1) is 9.91. The molecule has 0 atom stereocenters. The van der Waals surface area contributed by atoms with Crippen LogP contribution in [0.25, 0.3) is 0 Å². The highest BCUT2D eigenvalue weighted by Gasteiger charge is 2.20. The van der Waals surface area contributed by atoms with Crippen molar-refractivity contribution < 1.29 is 17.9 Å². The summed E-state index contributed by atoms with van der Waals surface area (Å²) < 4.78 is 29.5. The number of benzene rings is 1. The van der Waals surface area contributed by atoms with Crippen molar-refractivity contribution in [1.29, 1.82) is 0 Å². The molecule has 1 heterocycles. The van der Waals surface area contributed by atoms with Gasteiger partial charge in [0.05, 0.1) is 16.7 Å². The maximum absolute atomic E-state index is 12.0. The lowest BCUT2D eigenvalue weighted by Gasteiger charge is -2.16. The fourth-order valence-corrected chi connectivity index (χ4v) is 3.27. The van der Waals surface area contributed by atoms with E-state index in [-0.39, 0.29) is 5.91 Å². The first kappa shape index (κ1) is 15.8. The maximum atomic E-state index is 12.0. The molecule has 0 radical (unpaired) electrons. The second-order valence-corrected chi connectivity index (χ2v) is 7.90. The summed E-state index contributed by atoms with van der Waals surface area (Å²) in [4.78, 5) is 13.5. The molecule has 6 heteroatoms. The Balaban J connectivity index is 1.89. The van der Waals surface area contributed by atoms with Crippen molar-refractivity contribution in [1.82, 2.24) is 4.90 Å². The van der Waals surface area contributed by atoms with Gasteiger partial charge in [0.2, 0.25) is 5.91 Å². The van der Waals surface area contributed by atoms with E-state index in [0.29, 0.717) is 30.2 Å². The van der Waals surface area contributed by atoms with E-state index in [9.17, 15) is 13.2 Å². The summed E-state index contributed by atoms with van der Waals surface area (Å²) in [5, 5.41) is -0.439. The molecular weight excluding hydrogens is 290 g/mol. The van der Waals surface area contributed by atoms with Crippen molar-refractivity contribution in [3.8, 4) is 5.75 Å². The van der Waals surface area contributed by atoms with Gasteiger partial charge >= 0.3 is 0 Å². The van der Waals surface area contributed by atoms with E-state index in [2.05, 4.69) is 0 Å². The Morgan fingerprint density at radius 1 is 1.24 bits per heavy atom. The fourth-order valence-electron chi connectivity index (χ4n) is 2.21. The van der Waals surface area contributed by atoms with Gasteiger partial charge in [-0.05, 0) is 44.5 Å². The highest BCUT2D eigenvalue weighted by atomic mass is 32.2. The molecule has 1 aromatic carbocycles. The smallest absolute Gasteiger partial charge is 0.222 e. The monoisotopic (exact) mass is 311 g/mol. The fraction of sp³-hybridized carbons (Fsp3) is 0.533. The lowest BCUT2D eigenvalue weighted by molar-refractivity contribution is -0.128. The third kappa shape index (κ3) is 3.75. The topological polar surface area (TPSA) is 63.7 Å². The minimum atomic E-state index is -3.24. The van der Waals surface area contributed by atoms with Gasteiger partial charge in [0.15, 0.2) is 9.84 Å². The number of carbonyl (C=O) groups excluding carboxylic acids is 1. The predicted octanol–water partition coefficient (Wildman–Crippen LogP) is 1.87. The lowest BCUT2D eigenvalue weighted by Crippen LogP contribution is -2.29. The molecule has 0 aromatic heterocycles. The van der Waals surface area contributed by atoms with Gasteiger partial charge in [0, 0.05) is 13.0 Å². The van der Waals surface area contributed by atoms with E-state index in [1.165, 1.54) is 0 Å². The molecule has 0 aliphatic carbocycles. The van der Waals surface area contributed by atoms with Gasteiger partial charge in [0.25, 0.3) is 0 Å². The summed E-state index contributed by atoms with van der Waals surface area (Å²) in [7, 11) is -3.24. The number of likely N-dealkylation sites (tertiary alicyclic amines) is 1. The predicted molar refractivity (Wildman–Crippen MR) is 80.1 cm³/mol. The van der Waals surface area contributed by atoms with E-state index in [1.807, 2.05) is 0 Å². The van der Waals surface area contributed by atoms with Crippen molar-refractivity contribution in [3.63, 3.8) is 0 Å². The first-order valence-corrected chi connectivity index (χ1v) is 8.70. The Labute approximate surface area is 125 Å². The number of nitrogens with zero attached hydrogens (tertiary/aromatic N) is 1. The molecule has 1 aliphatic rings. The van der Waals surface area contributed by atoms with Crippen LogP contribution >= 0.6 is 0 Å². The molecule has 1 fully saturated rings. The average molecular weight is 311 g/mol. The van der Waals surface area contributed by atoms with Crippen molar-refractivity contribution in [2.75, 3.05) is 19.7 Å². The molecule has 0 saturated carbocycles. The number of carbonyl (C=O) groups is 1. The summed E-state index contributed by atoms with van der Waals surface area (Å²) in [6.07, 6.45) is 1.54. The Kier molecular flexibility index (Phi) is 4.88. The zero-order valence-corrected chi connectivity index (χ0v) is 13.2. The Morgan fingerprint density at radius 2 is 1.90 bits per heavy atom. The third-order valence-corrected chi connectivity index (χ3v) is 5.74. The van der Waals surface area contributed by atoms with Crippen LogP contribution in [0.3, 0.4) is 0 Å². The quantitative estimate of drug-likeness (QED) is 0.804. The van der Waals surface area contributed by atoms with Crippen LogP contribution in [-0.2, 0) is 14.6 Å². The minimum Gasteiger partial charge on any atom is -0.492 e. The molecule has 1 saturated heterocycles. The van der Waals surface area contributed by atoms with Gasteiger partial charge < -0.3 is 9.64 Å². The number of rotatable bonds is 6. The standard InChI is InChI=1S/C15H21NO4S/c1-12(2)21(18,19)14-7-5-13(6-8-14)20-11-10-16-9-3-4-15(16)17/h5-8,12H,3-4,9-11H2,1-2H3. The summed E-state index contributed by atoms with van der Waals surface area (Å²) in [5.74, 6) is 0.793. The van der Waals surface area contributed by atoms with Crippen LogP contribution in [0.2, 0.25) is 0 Å². The number of hydrogen-bond donors (Lipinski definition) is 0. The van der Waals surface area contributed by atoms with Gasteiger partial charge in [-0.25, -0.2) is 8.42 Å². The van der Waals surface area contributed by atoms with Crippen LogP contribution < -0.4 is 4.74 Å². The van der Waals surface area contributed by atoms with E-state index in [4.69, 9.17) is 4.74 Å². The van der Waals surface area contributed by atoms with Crippen LogP contribution in [0, 0.1) is 0 Å². The van der Waals surface area contributed by atoms with Crippen molar-refractivity contribution >= 4 is 15.7 Å². The lowest BCUT2D eigenvalue weighted by atomic mass is 10.3. The largest absolute Gasteiger partial charge is 0.492 e. The second-order valence-electron chi connectivity index (χ2n) is 5.40. The summed E-state index contributed by atoms with van der Waals surface area (Å²) >= 11 is 0. The van der Waals surface area contributed by atoms with Gasteiger partial charge in [-0.2, -0.15) is 0 Å². The molecular formula is C15H21NO4S. The average Bonchev–Trinajstić information content (AvgIpc) is 2.85. The second kappa shape index (κ2) is 6.47. The Hall–Kier alpha value is -1.56. The maximum Gasteiger partial charge on any atom is 0.222 e. The normalized spacial score (nSPS) is 15.8. The first-order valence-electron chi connectivity index (χ1n) is 7.16. The highest BCUT2D eigenvalue weighted by molar-refractivity contribution is 7.92. The van der Waals surface area contributed by atoms with Crippen molar-refractivity contribution in [3.05, 3.63) is 24.3 Å². The van der Waals surface area contributed by atoms with Gasteiger partial charge in [-0.15, -0.1) is 0 Å². The third-order valence-electron chi connectivity index (χ3n) is 3.57. The van der Waals surface area contributed by atoms with Crippen molar-refractivity contribution in [2.45, 2.75) is 36.8 Å². The van der Waals surface area contributed by atoms with Crippen LogP contribution in [0.15, 0.2) is 29.2 Å². The SMILES string of the molecule is CC(C)S(=O)(=O)c1ccc(OCCN2CCCC2=O)cc1. The van der Waals surface area contributed by atoms with E-state index >= 15 is 0 Å². The van der Waals surface area contributed by atoms with E-state index in [1.54, 1.807) is 43.0 Å². The summed E-state index contributed by atoms with van der Waals surface area (Å²) in [5.41, 5.74) is 0. The Morgan fingerprint density at radius 3 is 2.43 bits per heavy atom. The molecule has 2 rings (SSSR count). The van der Waals surface area contributed by atoms with Crippen LogP contribution in [-0.4, -0.2) is 44.2 Å². The zero-order chi connectivity index (χ0) is 15.5. The highest BCUT2D eigenvalue weighted by Crippen LogP contribution is 2.20. The molecule has 1 amide bonds. The van der Waals surface area contributed by atoms with Crippen LogP contribution in [0.1, 0.15) is 26.7 Å². The van der Waals surface area contributed by atoms with Crippen LogP contribution in [0.4, 0.5) is 0 Å². The number of sulfone groups is 1. The minimum absolute atomic E-state index is 0.178. The van der Waals surface area contributed by atoms with Gasteiger partial charge in [-0.3, -0.25) is 4.79 Å². The number of amides is 1. The summed E-state index contributed by atoms with van der Waals surface area (Å²) in [6.45, 7) is 5.11. The molecule has 1 aliphatic heterocycles. The zero-order valence-electron chi connectivity index (χ0n) is 12.4. The molecule has 116 valence electrons. The Bertz CT molecular complexity index is 593. The molecule has 0 bridgehead atoms. The number of hydrogen-bond acceptors (Lipinski definition) is 4.